The Morgan fingerprint density at radius 1 is 0.938 bits per heavy atom. The second kappa shape index (κ2) is 9.49. The largest absolute Gasteiger partial charge is 0.447 e. The Kier molecular flexibility index (Phi) is 6.33. The number of carbonyl (C=O) groups excluding carboxylic acids is 2. The van der Waals surface area contributed by atoms with Crippen molar-refractivity contribution in [2.24, 2.45) is 5.73 Å². The number of carbonyl (C=O) groups is 2. The molecule has 1 amide bonds. The summed E-state index contributed by atoms with van der Waals surface area (Å²) < 4.78 is 7.16. The average Bonchev–Trinajstić information content (AvgIpc) is 3.22. The fourth-order valence-electron chi connectivity index (χ4n) is 3.35. The summed E-state index contributed by atoms with van der Waals surface area (Å²) >= 11 is 6.03. The summed E-state index contributed by atoms with van der Waals surface area (Å²) in [6, 6.07) is 25.5. The fourth-order valence-corrected chi connectivity index (χ4v) is 3.48. The van der Waals surface area contributed by atoms with Gasteiger partial charge in [0.15, 0.2) is 0 Å². The molecule has 3 aromatic carbocycles. The van der Waals surface area contributed by atoms with Crippen molar-refractivity contribution < 1.29 is 14.3 Å². The van der Waals surface area contributed by atoms with Gasteiger partial charge in [0.05, 0.1) is 17.8 Å². The number of aromatic nitrogens is 2. The van der Waals surface area contributed by atoms with Gasteiger partial charge in [-0.05, 0) is 24.3 Å². The van der Waals surface area contributed by atoms with Crippen molar-refractivity contribution in [1.29, 1.82) is 0 Å². The van der Waals surface area contributed by atoms with E-state index in [-0.39, 0.29) is 6.42 Å². The minimum atomic E-state index is -1.16. The highest BCUT2D eigenvalue weighted by molar-refractivity contribution is 6.30. The molecule has 7 heteroatoms. The molecule has 0 aliphatic heterocycles. The molecule has 0 fully saturated rings. The Morgan fingerprint density at radius 3 is 2.19 bits per heavy atom. The van der Waals surface area contributed by atoms with Gasteiger partial charge in [0.1, 0.15) is 0 Å². The normalized spacial score (nSPS) is 11.7. The molecule has 4 aromatic rings. The van der Waals surface area contributed by atoms with E-state index in [4.69, 9.17) is 22.1 Å². The maximum atomic E-state index is 12.8. The Bertz CT molecular complexity index is 1220. The third-order valence-corrected chi connectivity index (χ3v) is 5.13. The van der Waals surface area contributed by atoms with Gasteiger partial charge in [0, 0.05) is 27.9 Å². The molecule has 32 heavy (non-hydrogen) atoms. The summed E-state index contributed by atoms with van der Waals surface area (Å²) in [5.74, 6) is -1.32. The number of nitrogens with zero attached hydrogens (tertiary/aromatic N) is 2. The summed E-state index contributed by atoms with van der Waals surface area (Å²) in [5, 5.41) is 5.28. The van der Waals surface area contributed by atoms with Crippen LogP contribution in [0, 0.1) is 0 Å². The van der Waals surface area contributed by atoms with Crippen LogP contribution in [0.3, 0.4) is 0 Å². The number of rotatable bonds is 7. The number of halogens is 1. The van der Waals surface area contributed by atoms with Crippen molar-refractivity contribution >= 4 is 23.5 Å². The minimum Gasteiger partial charge on any atom is -0.447 e. The van der Waals surface area contributed by atoms with Crippen LogP contribution in [-0.4, -0.2) is 21.7 Å². The Morgan fingerprint density at radius 2 is 1.56 bits per heavy atom. The lowest BCUT2D eigenvalue weighted by Gasteiger charge is -2.15. The van der Waals surface area contributed by atoms with Crippen LogP contribution in [0.4, 0.5) is 0 Å². The van der Waals surface area contributed by atoms with E-state index in [1.165, 1.54) is 0 Å². The number of primary amides is 1. The first-order valence-corrected chi connectivity index (χ1v) is 10.3. The summed E-state index contributed by atoms with van der Waals surface area (Å²) in [6.45, 7) is 0. The van der Waals surface area contributed by atoms with Gasteiger partial charge in [-0.25, -0.2) is 4.68 Å². The van der Waals surface area contributed by atoms with Crippen LogP contribution in [0.2, 0.25) is 5.02 Å². The van der Waals surface area contributed by atoms with Gasteiger partial charge in [0.25, 0.3) is 5.91 Å². The number of benzene rings is 3. The van der Waals surface area contributed by atoms with Gasteiger partial charge in [-0.2, -0.15) is 5.10 Å². The highest BCUT2D eigenvalue weighted by Crippen LogP contribution is 2.27. The van der Waals surface area contributed by atoms with Crippen molar-refractivity contribution in [3.63, 3.8) is 0 Å². The molecule has 6 nitrogen and oxygen atoms in total. The molecule has 0 radical (unpaired) electrons. The predicted molar refractivity (Wildman–Crippen MR) is 122 cm³/mol. The van der Waals surface area contributed by atoms with Crippen molar-refractivity contribution in [3.05, 3.63) is 107 Å². The Hall–Kier alpha value is -3.90. The van der Waals surface area contributed by atoms with E-state index >= 15 is 0 Å². The quantitative estimate of drug-likeness (QED) is 0.424. The zero-order chi connectivity index (χ0) is 22.5. The monoisotopic (exact) mass is 445 g/mol. The van der Waals surface area contributed by atoms with Crippen molar-refractivity contribution in [2.45, 2.75) is 12.5 Å². The number of hydrogen-bond acceptors (Lipinski definition) is 4. The molecule has 0 aliphatic rings. The standard InChI is InChI=1S/C25H20ClN3O3/c26-20-13-11-17(12-14-20)23-19(16-29(28-23)21-9-5-2-6-10-21)15-22(30)32-24(25(27)31)18-7-3-1-4-8-18/h1-14,16,24H,15H2,(H2,27,31). The fraction of sp³-hybridized carbons (Fsp3) is 0.0800. The molecule has 1 aromatic heterocycles. The van der Waals surface area contributed by atoms with Crippen LogP contribution in [0.15, 0.2) is 91.1 Å². The molecular formula is C25H20ClN3O3. The van der Waals surface area contributed by atoms with Gasteiger partial charge in [-0.1, -0.05) is 72.3 Å². The van der Waals surface area contributed by atoms with E-state index < -0.39 is 18.0 Å². The summed E-state index contributed by atoms with van der Waals surface area (Å²) in [6.07, 6.45) is 0.538. The van der Waals surface area contributed by atoms with Crippen LogP contribution < -0.4 is 5.73 Å². The molecule has 1 heterocycles. The zero-order valence-corrected chi connectivity index (χ0v) is 17.8. The second-order valence-electron chi connectivity index (χ2n) is 7.15. The first kappa shape index (κ1) is 21.3. The molecular weight excluding hydrogens is 426 g/mol. The molecule has 0 saturated carbocycles. The second-order valence-corrected chi connectivity index (χ2v) is 7.59. The third-order valence-electron chi connectivity index (χ3n) is 4.87. The Balaban J connectivity index is 1.64. The van der Waals surface area contributed by atoms with E-state index in [2.05, 4.69) is 5.10 Å². The van der Waals surface area contributed by atoms with Gasteiger partial charge in [-0.3, -0.25) is 9.59 Å². The molecule has 0 bridgehead atoms. The van der Waals surface area contributed by atoms with Crippen molar-refractivity contribution in [2.75, 3.05) is 0 Å². The lowest BCUT2D eigenvalue weighted by atomic mass is 10.1. The van der Waals surface area contributed by atoms with Crippen molar-refractivity contribution in [1.82, 2.24) is 9.78 Å². The van der Waals surface area contributed by atoms with Gasteiger partial charge in [-0.15, -0.1) is 0 Å². The highest BCUT2D eigenvalue weighted by atomic mass is 35.5. The van der Waals surface area contributed by atoms with Gasteiger partial charge < -0.3 is 10.5 Å². The van der Waals surface area contributed by atoms with Crippen LogP contribution in [0.25, 0.3) is 16.9 Å². The third kappa shape index (κ3) is 4.87. The lowest BCUT2D eigenvalue weighted by Crippen LogP contribution is -2.26. The number of esters is 1. The molecule has 160 valence electrons. The predicted octanol–water partition coefficient (Wildman–Crippen LogP) is 4.51. The Labute approximate surface area is 190 Å². The molecule has 0 saturated heterocycles. The van der Waals surface area contributed by atoms with Crippen LogP contribution in [0.5, 0.6) is 0 Å². The smallest absolute Gasteiger partial charge is 0.311 e. The number of hydrogen-bond donors (Lipinski definition) is 1. The molecule has 4 rings (SSSR count). The number of nitrogens with two attached hydrogens (primary N) is 1. The topological polar surface area (TPSA) is 87.2 Å². The zero-order valence-electron chi connectivity index (χ0n) is 17.0. The lowest BCUT2D eigenvalue weighted by molar-refractivity contribution is -0.154. The highest BCUT2D eigenvalue weighted by Gasteiger charge is 2.24. The first-order valence-electron chi connectivity index (χ1n) is 9.95. The first-order chi connectivity index (χ1) is 15.5. The van der Waals surface area contributed by atoms with E-state index in [9.17, 15) is 9.59 Å². The van der Waals surface area contributed by atoms with Crippen LogP contribution in [-0.2, 0) is 20.7 Å². The van der Waals surface area contributed by atoms with Crippen LogP contribution >= 0.6 is 11.6 Å². The maximum absolute atomic E-state index is 12.8. The van der Waals surface area contributed by atoms with Crippen molar-refractivity contribution in [3.8, 4) is 16.9 Å². The molecule has 1 atom stereocenters. The van der Waals surface area contributed by atoms with E-state index in [1.807, 2.05) is 42.5 Å². The molecule has 0 spiro atoms. The van der Waals surface area contributed by atoms with E-state index in [0.29, 0.717) is 21.8 Å². The van der Waals surface area contributed by atoms with Crippen LogP contribution in [0.1, 0.15) is 17.2 Å². The molecule has 1 unspecified atom stereocenters. The molecule has 0 aliphatic carbocycles. The number of ether oxygens (including phenoxy) is 1. The average molecular weight is 446 g/mol. The maximum Gasteiger partial charge on any atom is 0.311 e. The summed E-state index contributed by atoms with van der Waals surface area (Å²) in [7, 11) is 0. The van der Waals surface area contributed by atoms with E-state index in [0.717, 1.165) is 11.3 Å². The summed E-state index contributed by atoms with van der Waals surface area (Å²) in [4.78, 5) is 24.7. The minimum absolute atomic E-state index is 0.0819. The van der Waals surface area contributed by atoms with E-state index in [1.54, 1.807) is 53.3 Å². The SMILES string of the molecule is NC(=O)C(OC(=O)Cc1cn(-c2ccccc2)nc1-c1ccc(Cl)cc1)c1ccccc1. The molecule has 2 N–H and O–H groups in total. The number of para-hydroxylation sites is 1. The van der Waals surface area contributed by atoms with Gasteiger partial charge in [0.2, 0.25) is 6.10 Å². The number of amides is 1. The van der Waals surface area contributed by atoms with Gasteiger partial charge >= 0.3 is 5.97 Å². The summed E-state index contributed by atoms with van der Waals surface area (Å²) in [5.41, 5.74) is 8.93.